The number of unbranched alkanes of at least 4 members (excludes halogenated alkanes) is 1. The largest absolute Gasteiger partial charge is 0.309 e. The van der Waals surface area contributed by atoms with Crippen LogP contribution in [0.25, 0.3) is 0 Å². The molecule has 1 saturated heterocycles. The molecule has 1 aromatic carbocycles. The molecule has 1 aliphatic rings. The third-order valence-corrected chi connectivity index (χ3v) is 5.61. The van der Waals surface area contributed by atoms with Crippen LogP contribution in [0.4, 0.5) is 0 Å². The summed E-state index contributed by atoms with van der Waals surface area (Å²) in [6.07, 6.45) is 6.57. The molecule has 106 valence electrons. The van der Waals surface area contributed by atoms with Crippen LogP contribution >= 0.6 is 11.8 Å². The fourth-order valence-corrected chi connectivity index (χ4v) is 4.05. The first-order chi connectivity index (χ1) is 9.23. The third kappa shape index (κ3) is 4.54. The molecule has 1 heterocycles. The Morgan fingerprint density at radius 1 is 1.32 bits per heavy atom. The fourth-order valence-electron chi connectivity index (χ4n) is 2.80. The Balaban J connectivity index is 1.94. The molecule has 0 spiro atoms. The molecule has 1 nitrogen and oxygen atoms in total. The SMILES string of the molecule is CCCCC(NCC1(C)CCCS1)c1ccccc1. The van der Waals surface area contributed by atoms with E-state index in [1.54, 1.807) is 0 Å². The van der Waals surface area contributed by atoms with Gasteiger partial charge < -0.3 is 5.32 Å². The summed E-state index contributed by atoms with van der Waals surface area (Å²) >= 11 is 2.14. The number of thioether (sulfide) groups is 1. The number of hydrogen-bond donors (Lipinski definition) is 1. The van der Waals surface area contributed by atoms with E-state index in [1.165, 1.54) is 43.4 Å². The summed E-state index contributed by atoms with van der Waals surface area (Å²) in [6.45, 7) is 5.83. The highest BCUT2D eigenvalue weighted by molar-refractivity contribution is 8.00. The molecule has 2 heteroatoms. The lowest BCUT2D eigenvalue weighted by Crippen LogP contribution is -2.35. The molecule has 1 aromatic rings. The van der Waals surface area contributed by atoms with Crippen molar-refractivity contribution in [2.24, 2.45) is 0 Å². The van der Waals surface area contributed by atoms with E-state index in [0.29, 0.717) is 10.8 Å². The molecule has 1 aliphatic heterocycles. The van der Waals surface area contributed by atoms with Crippen molar-refractivity contribution in [3.8, 4) is 0 Å². The van der Waals surface area contributed by atoms with E-state index in [-0.39, 0.29) is 0 Å². The van der Waals surface area contributed by atoms with Crippen molar-refractivity contribution in [1.29, 1.82) is 0 Å². The van der Waals surface area contributed by atoms with Gasteiger partial charge in [-0.2, -0.15) is 11.8 Å². The minimum Gasteiger partial charge on any atom is -0.309 e. The lowest BCUT2D eigenvalue weighted by Gasteiger charge is -2.27. The molecule has 2 atom stereocenters. The van der Waals surface area contributed by atoms with Crippen molar-refractivity contribution in [3.63, 3.8) is 0 Å². The van der Waals surface area contributed by atoms with E-state index in [0.717, 1.165) is 6.54 Å². The Hall–Kier alpha value is -0.470. The summed E-state index contributed by atoms with van der Waals surface area (Å²) in [5.74, 6) is 1.34. The van der Waals surface area contributed by atoms with Crippen LogP contribution in [0.15, 0.2) is 30.3 Å². The summed E-state index contributed by atoms with van der Waals surface area (Å²) in [4.78, 5) is 0. The topological polar surface area (TPSA) is 12.0 Å². The first kappa shape index (κ1) is 14.9. The molecule has 0 radical (unpaired) electrons. The van der Waals surface area contributed by atoms with Gasteiger partial charge in [-0.3, -0.25) is 0 Å². The Kier molecular flexibility index (Phi) is 5.77. The number of nitrogens with one attached hydrogen (secondary N) is 1. The van der Waals surface area contributed by atoms with E-state index < -0.39 is 0 Å². The van der Waals surface area contributed by atoms with E-state index in [4.69, 9.17) is 0 Å². The summed E-state index contributed by atoms with van der Waals surface area (Å²) < 4.78 is 0.458. The smallest absolute Gasteiger partial charge is 0.0320 e. The Bertz CT molecular complexity index is 357. The second-order valence-electron chi connectivity index (χ2n) is 5.89. The highest BCUT2D eigenvalue weighted by Gasteiger charge is 2.29. The van der Waals surface area contributed by atoms with Gasteiger partial charge in [0.15, 0.2) is 0 Å². The quantitative estimate of drug-likeness (QED) is 0.769. The molecule has 0 saturated carbocycles. The minimum atomic E-state index is 0.458. The molecule has 2 rings (SSSR count). The highest BCUT2D eigenvalue weighted by Crippen LogP contribution is 2.37. The lowest BCUT2D eigenvalue weighted by molar-refractivity contribution is 0.441. The molecule has 0 aromatic heterocycles. The van der Waals surface area contributed by atoms with Gasteiger partial charge in [0.2, 0.25) is 0 Å². The van der Waals surface area contributed by atoms with Crippen LogP contribution < -0.4 is 5.32 Å². The second kappa shape index (κ2) is 7.35. The number of hydrogen-bond acceptors (Lipinski definition) is 2. The van der Waals surface area contributed by atoms with Crippen molar-refractivity contribution >= 4 is 11.8 Å². The van der Waals surface area contributed by atoms with Gasteiger partial charge in [0.1, 0.15) is 0 Å². The molecule has 2 unspecified atom stereocenters. The van der Waals surface area contributed by atoms with Gasteiger partial charge in [0.05, 0.1) is 0 Å². The Labute approximate surface area is 122 Å². The zero-order chi connectivity index (χ0) is 13.6. The van der Waals surface area contributed by atoms with E-state index >= 15 is 0 Å². The molecular formula is C17H27NS. The molecule has 1 fully saturated rings. The van der Waals surface area contributed by atoms with Gasteiger partial charge in [0, 0.05) is 17.3 Å². The summed E-state index contributed by atoms with van der Waals surface area (Å²) in [5.41, 5.74) is 1.45. The van der Waals surface area contributed by atoms with Crippen molar-refractivity contribution in [1.82, 2.24) is 5.32 Å². The van der Waals surface area contributed by atoms with Gasteiger partial charge >= 0.3 is 0 Å². The van der Waals surface area contributed by atoms with Crippen LogP contribution in [0.3, 0.4) is 0 Å². The van der Waals surface area contributed by atoms with E-state index in [1.807, 2.05) is 0 Å². The zero-order valence-corrected chi connectivity index (χ0v) is 13.1. The van der Waals surface area contributed by atoms with Crippen molar-refractivity contribution in [3.05, 3.63) is 35.9 Å². The van der Waals surface area contributed by atoms with Crippen molar-refractivity contribution in [2.75, 3.05) is 12.3 Å². The maximum Gasteiger partial charge on any atom is 0.0320 e. The summed E-state index contributed by atoms with van der Waals surface area (Å²) in [5, 5.41) is 3.83. The lowest BCUT2D eigenvalue weighted by atomic mass is 9.99. The molecule has 0 aliphatic carbocycles. The normalized spacial score (nSPS) is 24.5. The average molecular weight is 277 g/mol. The predicted molar refractivity (Wildman–Crippen MR) is 86.8 cm³/mol. The van der Waals surface area contributed by atoms with E-state index in [9.17, 15) is 0 Å². The Morgan fingerprint density at radius 3 is 2.74 bits per heavy atom. The van der Waals surface area contributed by atoms with Crippen molar-refractivity contribution in [2.45, 2.75) is 56.7 Å². The fraction of sp³-hybridized carbons (Fsp3) is 0.647. The second-order valence-corrected chi connectivity index (χ2v) is 7.57. The van der Waals surface area contributed by atoms with Crippen LogP contribution in [0.2, 0.25) is 0 Å². The van der Waals surface area contributed by atoms with Crippen LogP contribution in [-0.4, -0.2) is 17.0 Å². The van der Waals surface area contributed by atoms with E-state index in [2.05, 4.69) is 61.3 Å². The predicted octanol–water partition coefficient (Wildman–Crippen LogP) is 4.79. The minimum absolute atomic E-state index is 0.458. The van der Waals surface area contributed by atoms with Crippen LogP contribution in [-0.2, 0) is 0 Å². The average Bonchev–Trinajstić information content (AvgIpc) is 2.87. The van der Waals surface area contributed by atoms with Crippen LogP contribution in [0.1, 0.15) is 57.6 Å². The maximum atomic E-state index is 3.83. The highest BCUT2D eigenvalue weighted by atomic mass is 32.2. The molecular weight excluding hydrogens is 250 g/mol. The van der Waals surface area contributed by atoms with Gasteiger partial charge in [-0.1, -0.05) is 50.1 Å². The molecule has 0 bridgehead atoms. The first-order valence-corrected chi connectivity index (χ1v) is 8.64. The standard InChI is InChI=1S/C17H27NS/c1-3-4-11-16(15-9-6-5-7-10-15)18-14-17(2)12-8-13-19-17/h5-7,9-10,16,18H,3-4,8,11-14H2,1-2H3. The summed E-state index contributed by atoms with van der Waals surface area (Å²) in [6, 6.07) is 11.5. The first-order valence-electron chi connectivity index (χ1n) is 7.66. The molecule has 0 amide bonds. The van der Waals surface area contributed by atoms with Gasteiger partial charge in [0.25, 0.3) is 0 Å². The number of benzene rings is 1. The maximum absolute atomic E-state index is 3.83. The van der Waals surface area contributed by atoms with Crippen LogP contribution in [0.5, 0.6) is 0 Å². The zero-order valence-electron chi connectivity index (χ0n) is 12.3. The van der Waals surface area contributed by atoms with Gasteiger partial charge in [-0.15, -0.1) is 0 Å². The van der Waals surface area contributed by atoms with Gasteiger partial charge in [-0.25, -0.2) is 0 Å². The van der Waals surface area contributed by atoms with Crippen LogP contribution in [0, 0.1) is 0 Å². The summed E-state index contributed by atoms with van der Waals surface area (Å²) in [7, 11) is 0. The molecule has 1 N–H and O–H groups in total. The van der Waals surface area contributed by atoms with Crippen molar-refractivity contribution < 1.29 is 0 Å². The molecule has 19 heavy (non-hydrogen) atoms. The van der Waals surface area contributed by atoms with Gasteiger partial charge in [-0.05, 0) is 37.5 Å². The number of rotatable bonds is 7. The Morgan fingerprint density at radius 2 is 2.11 bits per heavy atom. The third-order valence-electron chi connectivity index (χ3n) is 4.07. The monoisotopic (exact) mass is 277 g/mol.